The lowest BCUT2D eigenvalue weighted by atomic mass is 9.96. The van der Waals surface area contributed by atoms with E-state index in [1.807, 2.05) is 26.1 Å². The molecule has 0 aliphatic carbocycles. The van der Waals surface area contributed by atoms with E-state index in [4.69, 9.17) is 9.47 Å². The van der Waals surface area contributed by atoms with Crippen LogP contribution >= 0.6 is 0 Å². The molecule has 102 valence electrons. The first-order valence-electron chi connectivity index (χ1n) is 6.60. The van der Waals surface area contributed by atoms with Gasteiger partial charge < -0.3 is 14.8 Å². The van der Waals surface area contributed by atoms with E-state index in [0.717, 1.165) is 18.8 Å². The second-order valence-corrected chi connectivity index (χ2v) is 4.64. The van der Waals surface area contributed by atoms with Crippen molar-refractivity contribution in [2.45, 2.75) is 26.3 Å². The molecule has 3 heteroatoms. The van der Waals surface area contributed by atoms with Gasteiger partial charge in [0.1, 0.15) is 5.75 Å². The van der Waals surface area contributed by atoms with E-state index in [0.29, 0.717) is 18.6 Å². The molecule has 1 N–H and O–H groups in total. The van der Waals surface area contributed by atoms with Gasteiger partial charge in [-0.25, -0.2) is 0 Å². The predicted octanol–water partition coefficient (Wildman–Crippen LogP) is 3.02. The van der Waals surface area contributed by atoms with Crippen LogP contribution in [0.1, 0.15) is 31.9 Å². The highest BCUT2D eigenvalue weighted by atomic mass is 16.5. The smallest absolute Gasteiger partial charge is 0.119 e. The summed E-state index contributed by atoms with van der Waals surface area (Å²) in [5.74, 6) is 1.47. The molecule has 0 heterocycles. The maximum absolute atomic E-state index is 5.45. The Morgan fingerprint density at radius 3 is 2.39 bits per heavy atom. The van der Waals surface area contributed by atoms with Crippen molar-refractivity contribution in [3.05, 3.63) is 29.8 Å². The van der Waals surface area contributed by atoms with Gasteiger partial charge in [-0.05, 0) is 44.0 Å². The summed E-state index contributed by atoms with van der Waals surface area (Å²) in [7, 11) is 3.75. The molecule has 0 spiro atoms. The van der Waals surface area contributed by atoms with E-state index >= 15 is 0 Å². The average Bonchev–Trinajstić information content (AvgIpc) is 2.38. The molecule has 0 saturated heterocycles. The van der Waals surface area contributed by atoms with Crippen LogP contribution in [0.15, 0.2) is 24.3 Å². The van der Waals surface area contributed by atoms with E-state index < -0.39 is 0 Å². The summed E-state index contributed by atoms with van der Waals surface area (Å²) in [5.41, 5.74) is 1.30. The maximum Gasteiger partial charge on any atom is 0.119 e. The van der Waals surface area contributed by atoms with Crippen LogP contribution in [0, 0.1) is 5.92 Å². The Bertz CT molecular complexity index is 324. The number of nitrogens with one attached hydrogen (secondary N) is 1. The topological polar surface area (TPSA) is 30.5 Å². The zero-order valence-electron chi connectivity index (χ0n) is 11.9. The zero-order valence-corrected chi connectivity index (χ0v) is 11.9. The summed E-state index contributed by atoms with van der Waals surface area (Å²) in [6.45, 7) is 5.72. The fourth-order valence-electron chi connectivity index (χ4n) is 2.14. The van der Waals surface area contributed by atoms with Gasteiger partial charge in [0.25, 0.3) is 0 Å². The number of rotatable bonds is 8. The largest absolute Gasteiger partial charge is 0.494 e. The molecule has 0 bridgehead atoms. The maximum atomic E-state index is 5.45. The minimum atomic E-state index is 0.367. The van der Waals surface area contributed by atoms with Crippen LogP contribution < -0.4 is 10.1 Å². The standard InChI is InChI=1S/C15H25NO2/c1-5-18-14-8-6-13(7-9-14)15(16-3)10-12(2)11-17-4/h6-9,12,15-16H,5,10-11H2,1-4H3. The lowest BCUT2D eigenvalue weighted by Crippen LogP contribution is -2.20. The van der Waals surface area contributed by atoms with E-state index in [-0.39, 0.29) is 0 Å². The summed E-state index contributed by atoms with van der Waals surface area (Å²) in [4.78, 5) is 0. The van der Waals surface area contributed by atoms with Crippen LogP contribution in [0.5, 0.6) is 5.75 Å². The normalized spacial score (nSPS) is 14.2. The summed E-state index contributed by atoms with van der Waals surface area (Å²) in [6.07, 6.45) is 1.07. The van der Waals surface area contributed by atoms with Crippen molar-refractivity contribution in [1.29, 1.82) is 0 Å². The Morgan fingerprint density at radius 2 is 1.89 bits per heavy atom. The van der Waals surface area contributed by atoms with Gasteiger partial charge in [-0.2, -0.15) is 0 Å². The monoisotopic (exact) mass is 251 g/mol. The van der Waals surface area contributed by atoms with Crippen molar-refractivity contribution in [1.82, 2.24) is 5.32 Å². The lowest BCUT2D eigenvalue weighted by Gasteiger charge is -2.21. The van der Waals surface area contributed by atoms with E-state index in [2.05, 4.69) is 24.4 Å². The van der Waals surface area contributed by atoms with E-state index in [1.165, 1.54) is 5.56 Å². The van der Waals surface area contributed by atoms with Gasteiger partial charge in [-0.15, -0.1) is 0 Å². The van der Waals surface area contributed by atoms with Crippen LogP contribution in [0.2, 0.25) is 0 Å². The molecule has 0 fully saturated rings. The Morgan fingerprint density at radius 1 is 1.22 bits per heavy atom. The van der Waals surface area contributed by atoms with Crippen LogP contribution in [-0.4, -0.2) is 27.4 Å². The van der Waals surface area contributed by atoms with Crippen LogP contribution in [-0.2, 0) is 4.74 Å². The number of methoxy groups -OCH3 is 1. The molecule has 1 rings (SSSR count). The molecule has 2 unspecified atom stereocenters. The Balaban J connectivity index is 2.63. The molecule has 0 amide bonds. The van der Waals surface area contributed by atoms with Gasteiger partial charge in [0, 0.05) is 19.8 Å². The first-order valence-corrected chi connectivity index (χ1v) is 6.60. The Hall–Kier alpha value is -1.06. The molecule has 18 heavy (non-hydrogen) atoms. The molecule has 0 aliphatic rings. The van der Waals surface area contributed by atoms with Crippen molar-refractivity contribution >= 4 is 0 Å². The van der Waals surface area contributed by atoms with Crippen molar-refractivity contribution < 1.29 is 9.47 Å². The average molecular weight is 251 g/mol. The van der Waals surface area contributed by atoms with Crippen LogP contribution in [0.4, 0.5) is 0 Å². The Labute approximate surface area is 110 Å². The molecule has 2 atom stereocenters. The molecular formula is C15H25NO2. The van der Waals surface area contributed by atoms with Gasteiger partial charge in [-0.3, -0.25) is 0 Å². The quantitative estimate of drug-likeness (QED) is 0.770. The molecule has 0 aromatic heterocycles. The van der Waals surface area contributed by atoms with Crippen molar-refractivity contribution in [3.8, 4) is 5.75 Å². The number of hydrogen-bond donors (Lipinski definition) is 1. The van der Waals surface area contributed by atoms with Gasteiger partial charge >= 0.3 is 0 Å². The number of ether oxygens (including phenoxy) is 2. The first kappa shape index (κ1) is 15.0. The third kappa shape index (κ3) is 4.67. The third-order valence-corrected chi connectivity index (χ3v) is 3.03. The zero-order chi connectivity index (χ0) is 13.4. The van der Waals surface area contributed by atoms with Crippen molar-refractivity contribution in [2.24, 2.45) is 5.92 Å². The van der Waals surface area contributed by atoms with Crippen molar-refractivity contribution in [2.75, 3.05) is 27.4 Å². The first-order chi connectivity index (χ1) is 8.71. The second-order valence-electron chi connectivity index (χ2n) is 4.64. The highest BCUT2D eigenvalue weighted by molar-refractivity contribution is 5.29. The summed E-state index contributed by atoms with van der Waals surface area (Å²) < 4.78 is 10.6. The summed E-state index contributed by atoms with van der Waals surface area (Å²) in [6, 6.07) is 8.69. The SMILES string of the molecule is CCOc1ccc(C(CC(C)COC)NC)cc1. The Kier molecular flexibility index (Phi) is 6.76. The molecular weight excluding hydrogens is 226 g/mol. The second kappa shape index (κ2) is 8.11. The van der Waals surface area contributed by atoms with Crippen LogP contribution in [0.25, 0.3) is 0 Å². The highest BCUT2D eigenvalue weighted by Gasteiger charge is 2.13. The molecule has 0 saturated carbocycles. The molecule has 0 radical (unpaired) electrons. The third-order valence-electron chi connectivity index (χ3n) is 3.03. The number of benzene rings is 1. The van der Waals surface area contributed by atoms with Crippen molar-refractivity contribution in [3.63, 3.8) is 0 Å². The van der Waals surface area contributed by atoms with E-state index in [1.54, 1.807) is 7.11 Å². The predicted molar refractivity (Wildman–Crippen MR) is 75.1 cm³/mol. The molecule has 0 aliphatic heterocycles. The van der Waals surface area contributed by atoms with Gasteiger partial charge in [0.2, 0.25) is 0 Å². The van der Waals surface area contributed by atoms with Gasteiger partial charge in [0.05, 0.1) is 6.61 Å². The minimum absolute atomic E-state index is 0.367. The summed E-state index contributed by atoms with van der Waals surface area (Å²) in [5, 5.41) is 3.36. The molecule has 3 nitrogen and oxygen atoms in total. The molecule has 1 aromatic carbocycles. The molecule has 1 aromatic rings. The fraction of sp³-hybridized carbons (Fsp3) is 0.600. The lowest BCUT2D eigenvalue weighted by molar-refractivity contribution is 0.150. The van der Waals surface area contributed by atoms with Gasteiger partial charge in [0.15, 0.2) is 0 Å². The van der Waals surface area contributed by atoms with Gasteiger partial charge in [-0.1, -0.05) is 19.1 Å². The highest BCUT2D eigenvalue weighted by Crippen LogP contribution is 2.23. The fourth-order valence-corrected chi connectivity index (χ4v) is 2.14. The summed E-state index contributed by atoms with van der Waals surface area (Å²) >= 11 is 0. The van der Waals surface area contributed by atoms with Crippen LogP contribution in [0.3, 0.4) is 0 Å². The minimum Gasteiger partial charge on any atom is -0.494 e. The van der Waals surface area contributed by atoms with E-state index in [9.17, 15) is 0 Å². The number of hydrogen-bond acceptors (Lipinski definition) is 3.